The molecule has 0 saturated carbocycles. The number of aromatic nitrogens is 3. The molecule has 10 heteroatoms. The second-order valence-electron chi connectivity index (χ2n) is 5.76. The zero-order valence-corrected chi connectivity index (χ0v) is 14.8. The predicted molar refractivity (Wildman–Crippen MR) is 89.1 cm³/mol. The summed E-state index contributed by atoms with van der Waals surface area (Å²) in [7, 11) is 1.50. The lowest BCUT2D eigenvalue weighted by molar-refractivity contribution is -0.145. The minimum absolute atomic E-state index is 0.103. The minimum atomic E-state index is -4.71. The monoisotopic (exact) mass is 382 g/mol. The number of carbonyl (C=O) groups excluding carboxylic acids is 1. The Morgan fingerprint density at radius 2 is 1.96 bits per heavy atom. The van der Waals surface area contributed by atoms with Crippen LogP contribution in [0.2, 0.25) is 0 Å². The van der Waals surface area contributed by atoms with Crippen LogP contribution >= 0.6 is 0 Å². The topological polar surface area (TPSA) is 78.3 Å². The number of benzene rings is 1. The Hall–Kier alpha value is -3.04. The number of esters is 1. The molecule has 0 fully saturated rings. The number of rotatable bonds is 4. The Morgan fingerprint density at radius 3 is 2.52 bits per heavy atom. The van der Waals surface area contributed by atoms with E-state index in [4.69, 9.17) is 9.47 Å². The van der Waals surface area contributed by atoms with Crippen molar-refractivity contribution in [3.05, 3.63) is 46.9 Å². The van der Waals surface area contributed by atoms with Gasteiger partial charge in [-0.15, -0.1) is 5.10 Å². The summed E-state index contributed by atoms with van der Waals surface area (Å²) in [4.78, 5) is 16.0. The summed E-state index contributed by atoms with van der Waals surface area (Å²) in [5.41, 5.74) is 1.05. The van der Waals surface area contributed by atoms with Gasteiger partial charge in [-0.1, -0.05) is 12.1 Å². The fraction of sp³-hybridized carbons (Fsp3) is 0.353. The first-order chi connectivity index (χ1) is 12.8. The number of anilines is 1. The molecule has 1 N–H and O–H groups in total. The quantitative estimate of drug-likeness (QED) is 0.819. The van der Waals surface area contributed by atoms with E-state index in [1.54, 1.807) is 38.1 Å². The van der Waals surface area contributed by atoms with Crippen LogP contribution < -0.4 is 10.1 Å². The summed E-state index contributed by atoms with van der Waals surface area (Å²) >= 11 is 0. The molecule has 0 radical (unpaired) electrons. The molecule has 0 amide bonds. The molecule has 1 unspecified atom stereocenters. The third-order valence-electron chi connectivity index (χ3n) is 4.03. The summed E-state index contributed by atoms with van der Waals surface area (Å²) in [6.45, 7) is 3.35. The van der Waals surface area contributed by atoms with Gasteiger partial charge in [0.1, 0.15) is 11.8 Å². The molecule has 0 aliphatic carbocycles. The van der Waals surface area contributed by atoms with Gasteiger partial charge in [-0.05, 0) is 31.5 Å². The molecule has 0 saturated heterocycles. The van der Waals surface area contributed by atoms with Crippen LogP contribution in [0.4, 0.5) is 19.1 Å². The van der Waals surface area contributed by atoms with E-state index < -0.39 is 24.0 Å². The first-order valence-corrected chi connectivity index (χ1v) is 8.08. The van der Waals surface area contributed by atoms with Gasteiger partial charge in [0.2, 0.25) is 5.95 Å². The second kappa shape index (κ2) is 6.93. The lowest BCUT2D eigenvalue weighted by atomic mass is 9.96. The second-order valence-corrected chi connectivity index (χ2v) is 5.76. The van der Waals surface area contributed by atoms with Gasteiger partial charge in [-0.2, -0.15) is 18.2 Å². The van der Waals surface area contributed by atoms with Crippen molar-refractivity contribution >= 4 is 11.9 Å². The zero-order chi connectivity index (χ0) is 19.8. The van der Waals surface area contributed by atoms with Crippen molar-refractivity contribution in [3.8, 4) is 5.75 Å². The lowest BCUT2D eigenvalue weighted by Crippen LogP contribution is -2.29. The van der Waals surface area contributed by atoms with Crippen LogP contribution in [-0.2, 0) is 15.7 Å². The summed E-state index contributed by atoms with van der Waals surface area (Å²) in [6, 6.07) is 5.68. The number of allylic oxidation sites excluding steroid dienone is 1. The Morgan fingerprint density at radius 1 is 1.30 bits per heavy atom. The van der Waals surface area contributed by atoms with Gasteiger partial charge in [0.15, 0.2) is 0 Å². The highest BCUT2D eigenvalue weighted by molar-refractivity contribution is 5.92. The number of ether oxygens (including phenoxy) is 2. The largest absolute Gasteiger partial charge is 0.497 e. The van der Waals surface area contributed by atoms with E-state index in [0.717, 1.165) is 4.68 Å². The van der Waals surface area contributed by atoms with Crippen molar-refractivity contribution in [2.24, 2.45) is 0 Å². The van der Waals surface area contributed by atoms with E-state index in [1.807, 2.05) is 0 Å². The minimum Gasteiger partial charge on any atom is -0.497 e. The van der Waals surface area contributed by atoms with E-state index in [-0.39, 0.29) is 18.1 Å². The van der Waals surface area contributed by atoms with Crippen LogP contribution in [0, 0.1) is 0 Å². The highest BCUT2D eigenvalue weighted by atomic mass is 19.4. The smallest absolute Gasteiger partial charge is 0.453 e. The maximum atomic E-state index is 13.1. The number of hydrogen-bond acceptors (Lipinski definition) is 6. The summed E-state index contributed by atoms with van der Waals surface area (Å²) < 4.78 is 50.5. The molecule has 1 aliphatic heterocycles. The standard InChI is InChI=1S/C17H17F3N4O3/c1-4-27-14(25)12-9(2)21-16-22-15(17(18,19)20)23-24(16)13(12)10-5-7-11(26-3)8-6-10/h5-8,13H,4H2,1-3H3,(H,21,22,23). The summed E-state index contributed by atoms with van der Waals surface area (Å²) in [5, 5.41) is 6.30. The highest BCUT2D eigenvalue weighted by Gasteiger charge is 2.41. The predicted octanol–water partition coefficient (Wildman–Crippen LogP) is 3.16. The Bertz CT molecular complexity index is 888. The lowest BCUT2D eigenvalue weighted by Gasteiger charge is -2.28. The first kappa shape index (κ1) is 18.7. The number of nitrogens with one attached hydrogen (secondary N) is 1. The number of alkyl halides is 3. The number of fused-ring (bicyclic) bond motifs is 1. The van der Waals surface area contributed by atoms with Crippen LogP contribution in [0.3, 0.4) is 0 Å². The van der Waals surface area contributed by atoms with Gasteiger partial charge in [0, 0.05) is 5.70 Å². The molecule has 0 spiro atoms. The van der Waals surface area contributed by atoms with Crippen molar-refractivity contribution in [3.63, 3.8) is 0 Å². The third-order valence-corrected chi connectivity index (χ3v) is 4.03. The van der Waals surface area contributed by atoms with Crippen LogP contribution in [0.25, 0.3) is 0 Å². The van der Waals surface area contributed by atoms with Crippen molar-refractivity contribution in [2.75, 3.05) is 19.0 Å². The van der Waals surface area contributed by atoms with E-state index in [1.165, 1.54) is 7.11 Å². The Kier molecular flexibility index (Phi) is 4.81. The normalized spacial score (nSPS) is 16.6. The number of carbonyl (C=O) groups is 1. The van der Waals surface area contributed by atoms with Crippen molar-refractivity contribution in [2.45, 2.75) is 26.1 Å². The van der Waals surface area contributed by atoms with Gasteiger partial charge in [0.25, 0.3) is 5.82 Å². The molecule has 1 aromatic carbocycles. The molecular weight excluding hydrogens is 365 g/mol. The molecule has 27 heavy (non-hydrogen) atoms. The average molecular weight is 382 g/mol. The Labute approximate surface area is 152 Å². The van der Waals surface area contributed by atoms with Crippen molar-refractivity contribution in [1.29, 1.82) is 0 Å². The highest BCUT2D eigenvalue weighted by Crippen LogP contribution is 2.38. The van der Waals surface area contributed by atoms with Crippen LogP contribution in [-0.4, -0.2) is 34.5 Å². The van der Waals surface area contributed by atoms with Crippen molar-refractivity contribution < 1.29 is 27.4 Å². The summed E-state index contributed by atoms with van der Waals surface area (Å²) in [6.07, 6.45) is -4.71. The number of halogens is 3. The SMILES string of the molecule is CCOC(=O)C1=C(C)Nc2nc(C(F)(F)F)nn2C1c1ccc(OC)cc1. The molecule has 7 nitrogen and oxygen atoms in total. The molecule has 0 bridgehead atoms. The van der Waals surface area contributed by atoms with Crippen LogP contribution in [0.1, 0.15) is 31.3 Å². The molecule has 1 aliphatic rings. The van der Waals surface area contributed by atoms with Gasteiger partial charge in [-0.3, -0.25) is 0 Å². The fourth-order valence-corrected chi connectivity index (χ4v) is 2.84. The van der Waals surface area contributed by atoms with Gasteiger partial charge >= 0.3 is 12.1 Å². The number of nitrogens with zero attached hydrogens (tertiary/aromatic N) is 3. The third kappa shape index (κ3) is 3.46. The fourth-order valence-electron chi connectivity index (χ4n) is 2.84. The number of hydrogen-bond donors (Lipinski definition) is 1. The zero-order valence-electron chi connectivity index (χ0n) is 14.8. The van der Waals surface area contributed by atoms with E-state index in [0.29, 0.717) is 17.0 Å². The summed E-state index contributed by atoms with van der Waals surface area (Å²) in [5.74, 6) is -1.46. The molecule has 2 aromatic rings. The molecule has 1 aromatic heterocycles. The average Bonchev–Trinajstić information content (AvgIpc) is 3.04. The van der Waals surface area contributed by atoms with Gasteiger partial charge in [0.05, 0.1) is 19.3 Å². The van der Waals surface area contributed by atoms with E-state index in [2.05, 4.69) is 15.4 Å². The van der Waals surface area contributed by atoms with Gasteiger partial charge in [-0.25, -0.2) is 9.48 Å². The molecule has 3 rings (SSSR count). The molecule has 1 atom stereocenters. The molecule has 144 valence electrons. The maximum absolute atomic E-state index is 13.1. The molecule has 2 heterocycles. The Balaban J connectivity index is 2.16. The maximum Gasteiger partial charge on any atom is 0.453 e. The first-order valence-electron chi connectivity index (χ1n) is 8.08. The van der Waals surface area contributed by atoms with Crippen molar-refractivity contribution in [1.82, 2.24) is 14.8 Å². The van der Waals surface area contributed by atoms with Gasteiger partial charge < -0.3 is 14.8 Å². The van der Waals surface area contributed by atoms with Crippen LogP contribution in [0.15, 0.2) is 35.5 Å². The molecular formula is C17H17F3N4O3. The number of methoxy groups -OCH3 is 1. The van der Waals surface area contributed by atoms with E-state index >= 15 is 0 Å². The van der Waals surface area contributed by atoms with E-state index in [9.17, 15) is 18.0 Å². The van der Waals surface area contributed by atoms with Crippen LogP contribution in [0.5, 0.6) is 5.75 Å².